The number of carbonyl (C=O) groups is 1. The van der Waals surface area contributed by atoms with Crippen LogP contribution in [0.1, 0.15) is 46.6 Å². The van der Waals surface area contributed by atoms with Crippen molar-refractivity contribution in [2.75, 3.05) is 13.1 Å². The second-order valence-electron chi connectivity index (χ2n) is 7.95. The number of amides is 1. The Labute approximate surface area is 187 Å². The van der Waals surface area contributed by atoms with Gasteiger partial charge in [-0.2, -0.15) is 8.99 Å². The van der Waals surface area contributed by atoms with Crippen LogP contribution in [0.5, 0.6) is 0 Å². The molecule has 9 nitrogen and oxygen atoms in total. The number of aryl methyl sites for hydroxylation is 2. The van der Waals surface area contributed by atoms with Gasteiger partial charge in [-0.05, 0) is 84.6 Å². The number of nitrogens with one attached hydrogen (secondary N) is 1. The quantitative estimate of drug-likeness (QED) is 0.612. The van der Waals surface area contributed by atoms with Gasteiger partial charge in [0.1, 0.15) is 0 Å². The van der Waals surface area contributed by atoms with Crippen LogP contribution in [0.2, 0.25) is 0 Å². The SMILES string of the molecule is Cc1ccc(-n2nnnc2CNC(=O)c2ccc(S(=O)(=O)N3CCCCC3)cc2)cc1C. The van der Waals surface area contributed by atoms with Gasteiger partial charge in [0.25, 0.3) is 5.91 Å². The summed E-state index contributed by atoms with van der Waals surface area (Å²) in [5, 5.41) is 14.6. The Hall–Kier alpha value is -3.11. The van der Waals surface area contributed by atoms with Crippen molar-refractivity contribution in [1.29, 1.82) is 0 Å². The molecule has 0 saturated carbocycles. The molecule has 1 saturated heterocycles. The van der Waals surface area contributed by atoms with Gasteiger partial charge in [-0.15, -0.1) is 5.10 Å². The standard InChI is InChI=1S/C22H26N6O3S/c1-16-6-9-19(14-17(16)2)28-21(24-25-26-28)15-23-22(29)18-7-10-20(11-8-18)32(30,31)27-12-4-3-5-13-27/h6-11,14H,3-5,12-13,15H2,1-2H3,(H,23,29). The lowest BCUT2D eigenvalue weighted by Crippen LogP contribution is -2.35. The minimum Gasteiger partial charge on any atom is -0.345 e. The highest BCUT2D eigenvalue weighted by Crippen LogP contribution is 2.21. The number of piperidine rings is 1. The average molecular weight is 455 g/mol. The minimum absolute atomic E-state index is 0.132. The van der Waals surface area contributed by atoms with E-state index in [0.717, 1.165) is 30.5 Å². The number of carbonyl (C=O) groups excluding carboxylic acids is 1. The van der Waals surface area contributed by atoms with Crippen LogP contribution in [0, 0.1) is 13.8 Å². The van der Waals surface area contributed by atoms with Crippen LogP contribution in [-0.2, 0) is 16.6 Å². The number of benzene rings is 2. The van der Waals surface area contributed by atoms with E-state index in [1.54, 1.807) is 4.68 Å². The maximum atomic E-state index is 12.8. The van der Waals surface area contributed by atoms with Crippen LogP contribution in [0.15, 0.2) is 47.4 Å². The lowest BCUT2D eigenvalue weighted by molar-refractivity contribution is 0.0949. The average Bonchev–Trinajstić information content (AvgIpc) is 3.28. The summed E-state index contributed by atoms with van der Waals surface area (Å²) in [4.78, 5) is 12.8. The maximum absolute atomic E-state index is 12.8. The monoisotopic (exact) mass is 454 g/mol. The number of aromatic nitrogens is 4. The van der Waals surface area contributed by atoms with E-state index >= 15 is 0 Å². The molecule has 32 heavy (non-hydrogen) atoms. The third-order valence-electron chi connectivity index (χ3n) is 5.75. The van der Waals surface area contributed by atoms with Gasteiger partial charge in [0.2, 0.25) is 10.0 Å². The first-order valence-corrected chi connectivity index (χ1v) is 12.0. The van der Waals surface area contributed by atoms with E-state index in [-0.39, 0.29) is 17.3 Å². The number of sulfonamides is 1. The van der Waals surface area contributed by atoms with E-state index in [1.807, 2.05) is 32.0 Å². The second kappa shape index (κ2) is 9.17. The maximum Gasteiger partial charge on any atom is 0.251 e. The summed E-state index contributed by atoms with van der Waals surface area (Å²) >= 11 is 0. The molecular formula is C22H26N6O3S. The summed E-state index contributed by atoms with van der Waals surface area (Å²) in [6, 6.07) is 11.9. The molecule has 1 fully saturated rings. The van der Waals surface area contributed by atoms with E-state index in [2.05, 4.69) is 20.8 Å². The van der Waals surface area contributed by atoms with Gasteiger partial charge in [0.05, 0.1) is 17.1 Å². The third kappa shape index (κ3) is 4.56. The zero-order chi connectivity index (χ0) is 22.7. The molecule has 1 aliphatic rings. The summed E-state index contributed by atoms with van der Waals surface area (Å²) in [5.41, 5.74) is 3.47. The van der Waals surface area contributed by atoms with Gasteiger partial charge in [-0.1, -0.05) is 12.5 Å². The zero-order valence-electron chi connectivity index (χ0n) is 18.2. The molecule has 2 heterocycles. The van der Waals surface area contributed by atoms with Crippen LogP contribution in [0.3, 0.4) is 0 Å². The molecule has 0 bridgehead atoms. The number of hydrogen-bond acceptors (Lipinski definition) is 6. The van der Waals surface area contributed by atoms with Crippen molar-refractivity contribution in [3.05, 3.63) is 65.0 Å². The molecule has 0 atom stereocenters. The molecule has 168 valence electrons. The first-order chi connectivity index (χ1) is 15.4. The second-order valence-corrected chi connectivity index (χ2v) is 9.89. The van der Waals surface area contributed by atoms with E-state index < -0.39 is 10.0 Å². The first kappa shape index (κ1) is 22.1. The fraction of sp³-hybridized carbons (Fsp3) is 0.364. The molecule has 0 spiro atoms. The van der Waals surface area contributed by atoms with E-state index in [9.17, 15) is 13.2 Å². The number of hydrogen-bond donors (Lipinski definition) is 1. The highest BCUT2D eigenvalue weighted by atomic mass is 32.2. The van der Waals surface area contributed by atoms with Crippen molar-refractivity contribution in [3.63, 3.8) is 0 Å². The Morgan fingerprint density at radius 1 is 1.00 bits per heavy atom. The van der Waals surface area contributed by atoms with Gasteiger partial charge in [-0.3, -0.25) is 4.79 Å². The summed E-state index contributed by atoms with van der Waals surface area (Å²) in [6.07, 6.45) is 2.81. The minimum atomic E-state index is -3.52. The molecule has 0 unspecified atom stereocenters. The van der Waals surface area contributed by atoms with E-state index in [0.29, 0.717) is 24.5 Å². The topological polar surface area (TPSA) is 110 Å². The lowest BCUT2D eigenvalue weighted by atomic mass is 10.1. The van der Waals surface area contributed by atoms with Gasteiger partial charge in [-0.25, -0.2) is 8.42 Å². The highest BCUT2D eigenvalue weighted by molar-refractivity contribution is 7.89. The van der Waals surface area contributed by atoms with Crippen LogP contribution in [0.25, 0.3) is 5.69 Å². The number of nitrogens with zero attached hydrogens (tertiary/aromatic N) is 5. The molecule has 1 aromatic heterocycles. The summed E-state index contributed by atoms with van der Waals surface area (Å²) in [6.45, 7) is 5.26. The van der Waals surface area contributed by atoms with Crippen LogP contribution >= 0.6 is 0 Å². The molecule has 10 heteroatoms. The van der Waals surface area contributed by atoms with E-state index in [1.165, 1.54) is 34.1 Å². The number of tetrazole rings is 1. The Morgan fingerprint density at radius 3 is 2.41 bits per heavy atom. The zero-order valence-corrected chi connectivity index (χ0v) is 19.0. The van der Waals surface area contributed by atoms with Crippen LogP contribution < -0.4 is 5.32 Å². The van der Waals surface area contributed by atoms with Crippen molar-refractivity contribution in [1.82, 2.24) is 29.8 Å². The summed E-state index contributed by atoms with van der Waals surface area (Å²) in [7, 11) is -3.52. The van der Waals surface area contributed by atoms with Crippen molar-refractivity contribution >= 4 is 15.9 Å². The Morgan fingerprint density at radius 2 is 1.72 bits per heavy atom. The Balaban J connectivity index is 1.43. The van der Waals surface area contributed by atoms with Gasteiger partial charge < -0.3 is 5.32 Å². The normalized spacial score (nSPS) is 14.9. The predicted octanol–water partition coefficient (Wildman–Crippen LogP) is 2.38. The van der Waals surface area contributed by atoms with Gasteiger partial charge in [0.15, 0.2) is 5.82 Å². The fourth-order valence-electron chi connectivity index (χ4n) is 3.67. The van der Waals surface area contributed by atoms with Crippen molar-refractivity contribution in [2.45, 2.75) is 44.6 Å². The predicted molar refractivity (Wildman–Crippen MR) is 119 cm³/mol. The van der Waals surface area contributed by atoms with Crippen LogP contribution in [0.4, 0.5) is 0 Å². The van der Waals surface area contributed by atoms with Crippen molar-refractivity contribution < 1.29 is 13.2 Å². The smallest absolute Gasteiger partial charge is 0.251 e. The molecule has 0 radical (unpaired) electrons. The summed E-state index contributed by atoms with van der Waals surface area (Å²) < 4.78 is 28.6. The molecule has 1 N–H and O–H groups in total. The fourth-order valence-corrected chi connectivity index (χ4v) is 5.18. The van der Waals surface area contributed by atoms with Gasteiger partial charge in [0, 0.05) is 18.7 Å². The van der Waals surface area contributed by atoms with Crippen molar-refractivity contribution in [3.8, 4) is 5.69 Å². The van der Waals surface area contributed by atoms with E-state index in [4.69, 9.17) is 0 Å². The number of rotatable bonds is 6. The third-order valence-corrected chi connectivity index (χ3v) is 7.66. The molecule has 2 aromatic carbocycles. The Bertz CT molecular complexity index is 1210. The summed E-state index contributed by atoms with van der Waals surface area (Å²) in [5.74, 6) is 0.160. The first-order valence-electron chi connectivity index (χ1n) is 10.6. The lowest BCUT2D eigenvalue weighted by Gasteiger charge is -2.25. The molecule has 4 rings (SSSR count). The Kier molecular flexibility index (Phi) is 6.33. The van der Waals surface area contributed by atoms with Crippen molar-refractivity contribution in [2.24, 2.45) is 0 Å². The molecule has 3 aromatic rings. The molecular weight excluding hydrogens is 428 g/mol. The largest absolute Gasteiger partial charge is 0.345 e. The molecule has 1 aliphatic heterocycles. The molecule has 1 amide bonds. The molecule has 0 aliphatic carbocycles. The van der Waals surface area contributed by atoms with Crippen LogP contribution in [-0.4, -0.2) is 51.9 Å². The highest BCUT2D eigenvalue weighted by Gasteiger charge is 2.26. The van der Waals surface area contributed by atoms with Gasteiger partial charge >= 0.3 is 0 Å².